The molecule has 0 radical (unpaired) electrons. The molecule has 1 saturated heterocycles. The molecule has 2 aromatic carbocycles. The first-order chi connectivity index (χ1) is 19.1. The number of carbonyl (C=O) groups excluding carboxylic acids is 2. The number of anilines is 2. The van der Waals surface area contributed by atoms with Gasteiger partial charge in [-0.2, -0.15) is 0 Å². The Morgan fingerprint density at radius 2 is 1.68 bits per heavy atom. The number of nitrogens with zero attached hydrogens (tertiary/aromatic N) is 3. The lowest BCUT2D eigenvalue weighted by atomic mass is 10.2. The molecule has 40 heavy (non-hydrogen) atoms. The van der Waals surface area contributed by atoms with Gasteiger partial charge in [-0.15, -0.1) is 0 Å². The zero-order chi connectivity index (χ0) is 29.4. The predicted octanol–water partition coefficient (Wildman–Crippen LogP) is 6.15. The number of fused-ring (bicyclic) bond motifs is 1. The predicted molar refractivity (Wildman–Crippen MR) is 158 cm³/mol. The molecule has 0 spiro atoms. The van der Waals surface area contributed by atoms with Crippen molar-refractivity contribution in [1.82, 2.24) is 9.88 Å². The van der Waals surface area contributed by atoms with Crippen LogP contribution in [0.25, 0.3) is 0 Å². The molecule has 1 aromatic heterocycles. The molecule has 2 aliphatic heterocycles. The van der Waals surface area contributed by atoms with Gasteiger partial charge >= 0.3 is 0 Å². The number of hydrogen-bond acceptors (Lipinski definition) is 6. The molecule has 2 amide bonds. The molecule has 0 aliphatic carbocycles. The molecule has 9 nitrogen and oxygen atoms in total. The highest BCUT2D eigenvalue weighted by molar-refractivity contribution is 7.92. The first kappa shape index (κ1) is 31.5. The maximum Gasteiger partial charge on any atom is 0.265 e. The van der Waals surface area contributed by atoms with Crippen molar-refractivity contribution in [2.45, 2.75) is 31.6 Å². The van der Waals surface area contributed by atoms with E-state index in [1.165, 1.54) is 36.4 Å². The molecule has 1 fully saturated rings. The number of benzene rings is 2. The average Bonchev–Trinajstić information content (AvgIpc) is 3.31. The quantitative estimate of drug-likeness (QED) is 0.372. The molecule has 0 bridgehead atoms. The summed E-state index contributed by atoms with van der Waals surface area (Å²) in [6.07, 6.45) is 1.81. The molecular formula is C27H29Cl3N4O5S. The van der Waals surface area contributed by atoms with Crippen molar-refractivity contribution in [3.05, 3.63) is 75.2 Å². The van der Waals surface area contributed by atoms with Crippen molar-refractivity contribution in [2.75, 3.05) is 36.4 Å². The molecule has 3 heterocycles. The van der Waals surface area contributed by atoms with Crippen LogP contribution in [-0.2, 0) is 14.8 Å². The van der Waals surface area contributed by atoms with E-state index in [1.54, 1.807) is 23.1 Å². The Morgan fingerprint density at radius 3 is 2.25 bits per heavy atom. The number of aromatic nitrogens is 1. The largest absolute Gasteiger partial charge is 0.488 e. The second-order valence-corrected chi connectivity index (χ2v) is 11.5. The van der Waals surface area contributed by atoms with E-state index in [0.717, 1.165) is 23.7 Å². The van der Waals surface area contributed by atoms with Crippen molar-refractivity contribution in [3.63, 3.8) is 0 Å². The zero-order valence-electron chi connectivity index (χ0n) is 22.2. The lowest BCUT2D eigenvalue weighted by Gasteiger charge is -2.29. The Balaban J connectivity index is 0.000000422. The van der Waals surface area contributed by atoms with Crippen LogP contribution in [0.4, 0.5) is 11.6 Å². The first-order valence-electron chi connectivity index (χ1n) is 12.5. The van der Waals surface area contributed by atoms with Gasteiger partial charge in [-0.25, -0.2) is 17.7 Å². The highest BCUT2D eigenvalue weighted by Gasteiger charge is 2.32. The van der Waals surface area contributed by atoms with E-state index in [-0.39, 0.29) is 51.0 Å². The SMILES string of the molecule is CC.CN1CCCC1=O.O=C(Nc1ccc2c(n1)N(S(=O)(=O)c1cccc(Cl)c1)CCO2)c1c(Cl)cccc1Cl. The third-order valence-electron chi connectivity index (χ3n) is 5.75. The van der Waals surface area contributed by atoms with Gasteiger partial charge in [0.2, 0.25) is 5.91 Å². The van der Waals surface area contributed by atoms with E-state index in [2.05, 4.69) is 10.3 Å². The van der Waals surface area contributed by atoms with E-state index in [0.29, 0.717) is 10.9 Å². The second-order valence-electron chi connectivity index (χ2n) is 8.37. The summed E-state index contributed by atoms with van der Waals surface area (Å²) in [6, 6.07) is 13.7. The number of pyridine rings is 1. The number of nitrogens with one attached hydrogen (secondary N) is 1. The fourth-order valence-corrected chi connectivity index (χ4v) is 6.08. The average molecular weight is 628 g/mol. The van der Waals surface area contributed by atoms with Crippen LogP contribution in [-0.4, -0.2) is 56.9 Å². The molecule has 0 atom stereocenters. The van der Waals surface area contributed by atoms with Crippen molar-refractivity contribution >= 4 is 68.3 Å². The minimum Gasteiger partial charge on any atom is -0.488 e. The molecule has 13 heteroatoms. The number of sulfonamides is 1. The maximum atomic E-state index is 13.2. The molecule has 0 saturated carbocycles. The van der Waals surface area contributed by atoms with Gasteiger partial charge in [-0.1, -0.05) is 60.8 Å². The van der Waals surface area contributed by atoms with E-state index >= 15 is 0 Å². The van der Waals surface area contributed by atoms with E-state index in [9.17, 15) is 18.0 Å². The number of amides is 2. The molecule has 214 valence electrons. The van der Waals surface area contributed by atoms with Gasteiger partial charge in [0, 0.05) is 25.0 Å². The summed E-state index contributed by atoms with van der Waals surface area (Å²) in [7, 11) is -2.11. The summed E-state index contributed by atoms with van der Waals surface area (Å²) < 4.78 is 33.1. The number of ether oxygens (including phenoxy) is 1. The highest BCUT2D eigenvalue weighted by atomic mass is 35.5. The number of halogens is 3. The normalized spacial score (nSPS) is 14.2. The van der Waals surface area contributed by atoms with Crippen LogP contribution in [0, 0.1) is 0 Å². The Hall–Kier alpha value is -3.05. The van der Waals surface area contributed by atoms with Crippen molar-refractivity contribution in [1.29, 1.82) is 0 Å². The van der Waals surface area contributed by atoms with Crippen LogP contribution < -0.4 is 14.4 Å². The summed E-state index contributed by atoms with van der Waals surface area (Å²) in [6.45, 7) is 5.15. The molecular weight excluding hydrogens is 599 g/mol. The van der Waals surface area contributed by atoms with Gasteiger partial charge in [-0.3, -0.25) is 9.59 Å². The van der Waals surface area contributed by atoms with Crippen LogP contribution in [0.15, 0.2) is 59.5 Å². The van der Waals surface area contributed by atoms with E-state index in [4.69, 9.17) is 39.5 Å². The van der Waals surface area contributed by atoms with Gasteiger partial charge in [0.15, 0.2) is 11.6 Å². The summed E-state index contributed by atoms with van der Waals surface area (Å²) in [5.41, 5.74) is 0.0880. The third-order valence-corrected chi connectivity index (χ3v) is 8.40. The summed E-state index contributed by atoms with van der Waals surface area (Å²) >= 11 is 18.1. The molecule has 1 N–H and O–H groups in total. The minimum absolute atomic E-state index is 0.0203. The van der Waals surface area contributed by atoms with Gasteiger partial charge in [0.1, 0.15) is 12.4 Å². The van der Waals surface area contributed by atoms with Crippen molar-refractivity contribution in [2.24, 2.45) is 0 Å². The molecule has 3 aromatic rings. The monoisotopic (exact) mass is 626 g/mol. The number of carbonyl (C=O) groups is 2. The summed E-state index contributed by atoms with van der Waals surface area (Å²) in [5.74, 6) is 0.139. The molecule has 2 aliphatic rings. The second kappa shape index (κ2) is 14.0. The first-order valence-corrected chi connectivity index (χ1v) is 15.1. The van der Waals surface area contributed by atoms with Crippen LogP contribution in [0.1, 0.15) is 37.0 Å². The van der Waals surface area contributed by atoms with Crippen LogP contribution in [0.3, 0.4) is 0 Å². The van der Waals surface area contributed by atoms with Crippen LogP contribution in [0.5, 0.6) is 5.75 Å². The van der Waals surface area contributed by atoms with Gasteiger partial charge in [-0.05, 0) is 48.9 Å². The Morgan fingerprint density at radius 1 is 1.00 bits per heavy atom. The van der Waals surface area contributed by atoms with E-state index < -0.39 is 15.9 Å². The van der Waals surface area contributed by atoms with Crippen LogP contribution >= 0.6 is 34.8 Å². The Labute approximate surface area is 249 Å². The lowest BCUT2D eigenvalue weighted by molar-refractivity contribution is -0.126. The van der Waals surface area contributed by atoms with Crippen molar-refractivity contribution in [3.8, 4) is 5.75 Å². The van der Waals surface area contributed by atoms with Gasteiger partial charge in [0.05, 0.1) is 27.0 Å². The number of rotatable bonds is 4. The van der Waals surface area contributed by atoms with Gasteiger partial charge in [0.25, 0.3) is 15.9 Å². The minimum atomic E-state index is -3.96. The zero-order valence-corrected chi connectivity index (χ0v) is 25.2. The van der Waals surface area contributed by atoms with Crippen molar-refractivity contribution < 1.29 is 22.7 Å². The summed E-state index contributed by atoms with van der Waals surface area (Å²) in [5, 5.41) is 3.24. The maximum absolute atomic E-state index is 13.2. The molecule has 5 rings (SSSR count). The number of likely N-dealkylation sites (tertiary alicyclic amines) is 1. The van der Waals surface area contributed by atoms with Crippen LogP contribution in [0.2, 0.25) is 15.1 Å². The fraction of sp³-hybridized carbons (Fsp3) is 0.296. The fourth-order valence-electron chi connectivity index (χ4n) is 3.81. The lowest BCUT2D eigenvalue weighted by Crippen LogP contribution is -2.38. The number of hydrogen-bond donors (Lipinski definition) is 1. The Bertz CT molecular complexity index is 1470. The van der Waals surface area contributed by atoms with Gasteiger partial charge < -0.3 is 15.0 Å². The highest BCUT2D eigenvalue weighted by Crippen LogP contribution is 2.35. The molecule has 0 unspecified atom stereocenters. The standard InChI is InChI=1S/C20H14Cl3N3O4S.C5H9NO.C2H6/c21-12-3-1-4-13(11-12)31(28,29)26-9-10-30-16-7-8-17(24-19(16)26)25-20(27)18-14(22)5-2-6-15(18)23;1-6-4-2-3-5(6)7;1-2/h1-8,11H,9-10H2,(H,24,25,27);2-4H2,1H3;1-2H3. The van der Waals surface area contributed by atoms with E-state index in [1.807, 2.05) is 20.9 Å². The topological polar surface area (TPSA) is 109 Å². The third kappa shape index (κ3) is 7.37. The summed E-state index contributed by atoms with van der Waals surface area (Å²) in [4.78, 5) is 29.3. The smallest absolute Gasteiger partial charge is 0.265 e. The Kier molecular flexibility index (Phi) is 11.0.